The number of nitrogens with zero attached hydrogens (tertiary/aromatic N) is 1. The normalized spacial score (nSPS) is 20.6. The van der Waals surface area contributed by atoms with Crippen molar-refractivity contribution < 1.29 is 9.59 Å². The SMILES string of the molecule is CC(C)CC(C)C=CCC1CC(=O)N(CCNCCN)C1=O. The van der Waals surface area contributed by atoms with Crippen molar-refractivity contribution in [2.24, 2.45) is 23.5 Å². The van der Waals surface area contributed by atoms with Gasteiger partial charge in [-0.1, -0.05) is 32.9 Å². The molecule has 0 aromatic rings. The first-order chi connectivity index (χ1) is 10.5. The number of hydrogen-bond acceptors (Lipinski definition) is 4. The fourth-order valence-electron chi connectivity index (χ4n) is 2.89. The molecule has 2 unspecified atom stereocenters. The lowest BCUT2D eigenvalue weighted by molar-refractivity contribution is -0.139. The Kier molecular flexibility index (Phi) is 8.35. The Balaban J connectivity index is 2.38. The Morgan fingerprint density at radius 3 is 2.68 bits per heavy atom. The van der Waals surface area contributed by atoms with Crippen LogP contribution in [0.25, 0.3) is 0 Å². The summed E-state index contributed by atoms with van der Waals surface area (Å²) in [6.45, 7) is 8.93. The highest BCUT2D eigenvalue weighted by molar-refractivity contribution is 6.03. The van der Waals surface area contributed by atoms with E-state index >= 15 is 0 Å². The molecule has 1 saturated heterocycles. The highest BCUT2D eigenvalue weighted by Gasteiger charge is 2.37. The van der Waals surface area contributed by atoms with Crippen molar-refractivity contribution in [2.75, 3.05) is 26.2 Å². The molecule has 1 rings (SSSR count). The van der Waals surface area contributed by atoms with Gasteiger partial charge in [-0.3, -0.25) is 14.5 Å². The fourth-order valence-corrected chi connectivity index (χ4v) is 2.89. The van der Waals surface area contributed by atoms with Crippen LogP contribution in [-0.4, -0.2) is 42.9 Å². The van der Waals surface area contributed by atoms with Crippen LogP contribution in [0, 0.1) is 17.8 Å². The van der Waals surface area contributed by atoms with E-state index in [2.05, 4.69) is 38.2 Å². The van der Waals surface area contributed by atoms with Crippen molar-refractivity contribution in [1.82, 2.24) is 10.2 Å². The highest BCUT2D eigenvalue weighted by Crippen LogP contribution is 2.23. The first kappa shape index (κ1) is 18.8. The number of carbonyl (C=O) groups excluding carboxylic acids is 2. The molecule has 2 amide bonds. The number of likely N-dealkylation sites (tertiary alicyclic amines) is 1. The Morgan fingerprint density at radius 2 is 2.05 bits per heavy atom. The van der Waals surface area contributed by atoms with Crippen LogP contribution >= 0.6 is 0 Å². The van der Waals surface area contributed by atoms with Crippen LogP contribution in [0.4, 0.5) is 0 Å². The van der Waals surface area contributed by atoms with E-state index in [4.69, 9.17) is 5.73 Å². The van der Waals surface area contributed by atoms with Gasteiger partial charge in [0.1, 0.15) is 0 Å². The third-order valence-electron chi connectivity index (χ3n) is 3.90. The van der Waals surface area contributed by atoms with Gasteiger partial charge >= 0.3 is 0 Å². The second-order valence-electron chi connectivity index (χ2n) is 6.59. The zero-order valence-corrected chi connectivity index (χ0v) is 14.2. The molecule has 0 aromatic heterocycles. The summed E-state index contributed by atoms with van der Waals surface area (Å²) in [5.41, 5.74) is 5.39. The van der Waals surface area contributed by atoms with Gasteiger partial charge in [0.2, 0.25) is 11.8 Å². The molecule has 0 saturated carbocycles. The minimum Gasteiger partial charge on any atom is -0.329 e. The van der Waals surface area contributed by atoms with Gasteiger partial charge in [0.05, 0.1) is 5.92 Å². The van der Waals surface area contributed by atoms with E-state index in [0.717, 1.165) is 6.42 Å². The average molecular weight is 309 g/mol. The van der Waals surface area contributed by atoms with E-state index in [0.29, 0.717) is 50.9 Å². The van der Waals surface area contributed by atoms with Crippen molar-refractivity contribution in [1.29, 1.82) is 0 Å². The number of nitrogens with one attached hydrogen (secondary N) is 1. The summed E-state index contributed by atoms with van der Waals surface area (Å²) in [6.07, 6.45) is 6.40. The fraction of sp³-hybridized carbons (Fsp3) is 0.765. The molecule has 1 fully saturated rings. The van der Waals surface area contributed by atoms with Crippen LogP contribution in [0.3, 0.4) is 0 Å². The number of allylic oxidation sites excluding steroid dienone is 2. The smallest absolute Gasteiger partial charge is 0.233 e. The Morgan fingerprint density at radius 1 is 1.32 bits per heavy atom. The van der Waals surface area contributed by atoms with Crippen molar-refractivity contribution in [2.45, 2.75) is 40.0 Å². The highest BCUT2D eigenvalue weighted by atomic mass is 16.2. The van der Waals surface area contributed by atoms with Gasteiger partial charge in [-0.25, -0.2) is 0 Å². The first-order valence-corrected chi connectivity index (χ1v) is 8.37. The largest absolute Gasteiger partial charge is 0.329 e. The standard InChI is InChI=1S/C17H31N3O2/c1-13(2)11-14(3)5-4-6-15-12-16(21)20(17(15)22)10-9-19-8-7-18/h4-5,13-15,19H,6-12,18H2,1-3H3. The number of carbonyl (C=O) groups is 2. The summed E-state index contributed by atoms with van der Waals surface area (Å²) < 4.78 is 0. The number of hydrogen-bond donors (Lipinski definition) is 2. The van der Waals surface area contributed by atoms with Crippen LogP contribution in [0.2, 0.25) is 0 Å². The van der Waals surface area contributed by atoms with E-state index in [-0.39, 0.29) is 17.7 Å². The third-order valence-corrected chi connectivity index (χ3v) is 3.90. The van der Waals surface area contributed by atoms with E-state index < -0.39 is 0 Å². The van der Waals surface area contributed by atoms with Crippen molar-refractivity contribution >= 4 is 11.8 Å². The molecule has 0 aliphatic carbocycles. The van der Waals surface area contributed by atoms with Crippen molar-refractivity contribution in [3.8, 4) is 0 Å². The molecule has 1 aliphatic rings. The van der Waals surface area contributed by atoms with Gasteiger partial charge in [-0.05, 0) is 24.7 Å². The summed E-state index contributed by atoms with van der Waals surface area (Å²) in [7, 11) is 0. The van der Waals surface area contributed by atoms with Gasteiger partial charge in [0.15, 0.2) is 0 Å². The molecule has 1 heterocycles. The monoisotopic (exact) mass is 309 g/mol. The topological polar surface area (TPSA) is 75.4 Å². The maximum Gasteiger partial charge on any atom is 0.233 e. The van der Waals surface area contributed by atoms with Crippen LogP contribution in [0.1, 0.15) is 40.0 Å². The first-order valence-electron chi connectivity index (χ1n) is 8.37. The van der Waals surface area contributed by atoms with Crippen LogP contribution in [-0.2, 0) is 9.59 Å². The van der Waals surface area contributed by atoms with E-state index in [1.807, 2.05) is 0 Å². The molecule has 0 spiro atoms. The number of amides is 2. The average Bonchev–Trinajstić information content (AvgIpc) is 2.70. The van der Waals surface area contributed by atoms with Gasteiger partial charge in [-0.15, -0.1) is 0 Å². The molecular weight excluding hydrogens is 278 g/mol. The van der Waals surface area contributed by atoms with Gasteiger partial charge in [0, 0.05) is 32.6 Å². The molecule has 0 radical (unpaired) electrons. The van der Waals surface area contributed by atoms with Crippen molar-refractivity contribution in [3.05, 3.63) is 12.2 Å². The van der Waals surface area contributed by atoms with E-state index in [1.165, 1.54) is 4.90 Å². The molecule has 3 N–H and O–H groups in total. The summed E-state index contributed by atoms with van der Waals surface area (Å²) in [6, 6.07) is 0. The molecule has 5 heteroatoms. The van der Waals surface area contributed by atoms with Gasteiger partial charge < -0.3 is 11.1 Å². The minimum atomic E-state index is -0.176. The zero-order chi connectivity index (χ0) is 16.5. The minimum absolute atomic E-state index is 0.0271. The summed E-state index contributed by atoms with van der Waals surface area (Å²) >= 11 is 0. The maximum atomic E-state index is 12.3. The lowest BCUT2D eigenvalue weighted by Gasteiger charge is -2.15. The Bertz CT molecular complexity index is 393. The molecular formula is C17H31N3O2. The number of rotatable bonds is 10. The Labute approximate surface area is 134 Å². The van der Waals surface area contributed by atoms with E-state index in [1.54, 1.807) is 0 Å². The third kappa shape index (κ3) is 6.28. The van der Waals surface area contributed by atoms with Crippen LogP contribution < -0.4 is 11.1 Å². The molecule has 1 aliphatic heterocycles. The summed E-state index contributed by atoms with van der Waals surface area (Å²) in [5, 5.41) is 3.11. The lowest BCUT2D eigenvalue weighted by Crippen LogP contribution is -2.37. The molecule has 5 nitrogen and oxygen atoms in total. The molecule has 0 aromatic carbocycles. The predicted molar refractivity (Wildman–Crippen MR) is 89.1 cm³/mol. The molecule has 22 heavy (non-hydrogen) atoms. The molecule has 126 valence electrons. The molecule has 0 bridgehead atoms. The number of nitrogens with two attached hydrogens (primary N) is 1. The second kappa shape index (κ2) is 9.74. The summed E-state index contributed by atoms with van der Waals surface area (Å²) in [5.74, 6) is 0.938. The van der Waals surface area contributed by atoms with Crippen molar-refractivity contribution in [3.63, 3.8) is 0 Å². The van der Waals surface area contributed by atoms with E-state index in [9.17, 15) is 9.59 Å². The predicted octanol–water partition coefficient (Wildman–Crippen LogP) is 1.54. The van der Waals surface area contributed by atoms with Crippen LogP contribution in [0.5, 0.6) is 0 Å². The summed E-state index contributed by atoms with van der Waals surface area (Å²) in [4.78, 5) is 25.6. The van der Waals surface area contributed by atoms with Gasteiger partial charge in [-0.2, -0.15) is 0 Å². The Hall–Kier alpha value is -1.20. The van der Waals surface area contributed by atoms with Gasteiger partial charge in [0.25, 0.3) is 0 Å². The second-order valence-corrected chi connectivity index (χ2v) is 6.59. The van der Waals surface area contributed by atoms with Crippen LogP contribution in [0.15, 0.2) is 12.2 Å². The zero-order valence-electron chi connectivity index (χ0n) is 14.2. The molecule has 2 atom stereocenters. The quantitative estimate of drug-likeness (QED) is 0.365. The number of imide groups is 1. The lowest BCUT2D eigenvalue weighted by atomic mass is 9.97. The maximum absolute atomic E-state index is 12.3.